The molecule has 1 atom stereocenters. The number of hydrogen-bond acceptors (Lipinski definition) is 2. The predicted molar refractivity (Wildman–Crippen MR) is 76.3 cm³/mol. The monoisotopic (exact) mass is 268 g/mol. The molecule has 1 saturated carbocycles. The molecular formula is C16H25FO2. The Bertz CT molecular complexity index is 352. The van der Waals surface area contributed by atoms with E-state index in [-0.39, 0.29) is 12.4 Å². The van der Waals surface area contributed by atoms with Crippen LogP contribution in [0.1, 0.15) is 46.0 Å². The van der Waals surface area contributed by atoms with Crippen molar-refractivity contribution in [1.82, 2.24) is 0 Å². The van der Waals surface area contributed by atoms with Crippen molar-refractivity contribution in [3.05, 3.63) is 35.9 Å². The molecule has 0 spiro atoms. The van der Waals surface area contributed by atoms with Crippen LogP contribution in [-0.2, 0) is 4.74 Å². The highest BCUT2D eigenvalue weighted by molar-refractivity contribution is 5.34. The molecule has 0 saturated heterocycles. The second-order valence-electron chi connectivity index (χ2n) is 5.13. The molecule has 108 valence electrons. The van der Waals surface area contributed by atoms with Gasteiger partial charge in [-0.1, -0.05) is 32.1 Å². The maximum atomic E-state index is 14.2. The molecule has 0 radical (unpaired) electrons. The molecule has 0 amide bonds. The normalized spacial score (nSPS) is 19.5. The SMILES string of the molecule is C=C/C=C(\C(OCC(C)O)=C(\F)CCC)C1CCC1. The van der Waals surface area contributed by atoms with E-state index in [4.69, 9.17) is 4.74 Å². The molecule has 0 aromatic carbocycles. The topological polar surface area (TPSA) is 29.5 Å². The Balaban J connectivity index is 2.94. The minimum Gasteiger partial charge on any atom is -0.488 e. The zero-order chi connectivity index (χ0) is 14.3. The van der Waals surface area contributed by atoms with Gasteiger partial charge < -0.3 is 9.84 Å². The van der Waals surface area contributed by atoms with E-state index in [0.717, 1.165) is 24.8 Å². The molecule has 3 heteroatoms. The summed E-state index contributed by atoms with van der Waals surface area (Å²) in [5.74, 6) is 0.472. The summed E-state index contributed by atoms with van der Waals surface area (Å²) in [7, 11) is 0. The first kappa shape index (κ1) is 16.0. The second kappa shape index (κ2) is 8.16. The van der Waals surface area contributed by atoms with E-state index >= 15 is 0 Å². The average Bonchev–Trinajstić information content (AvgIpc) is 2.27. The summed E-state index contributed by atoms with van der Waals surface area (Å²) in [4.78, 5) is 0. The third kappa shape index (κ3) is 4.83. The lowest BCUT2D eigenvalue weighted by atomic mass is 9.78. The van der Waals surface area contributed by atoms with Crippen LogP contribution < -0.4 is 0 Å². The van der Waals surface area contributed by atoms with Gasteiger partial charge in [-0.15, -0.1) is 0 Å². The fourth-order valence-electron chi connectivity index (χ4n) is 2.10. The van der Waals surface area contributed by atoms with Crippen molar-refractivity contribution in [2.45, 2.75) is 52.1 Å². The molecule has 1 unspecified atom stereocenters. The van der Waals surface area contributed by atoms with Crippen LogP contribution in [0.2, 0.25) is 0 Å². The molecule has 0 bridgehead atoms. The van der Waals surface area contributed by atoms with Crippen molar-refractivity contribution in [2.24, 2.45) is 5.92 Å². The Kier molecular flexibility index (Phi) is 6.85. The van der Waals surface area contributed by atoms with Gasteiger partial charge in [0.15, 0.2) is 5.76 Å². The van der Waals surface area contributed by atoms with Crippen molar-refractivity contribution >= 4 is 0 Å². The standard InChI is InChI=1S/C16H25FO2/c1-4-7-14(13-9-6-10-13)16(15(17)8-5-2)19-11-12(3)18/h4,7,12-13,18H,1,5-6,8-11H2,2-3H3/b14-7-,16-15-. The molecule has 0 heterocycles. The third-order valence-corrected chi connectivity index (χ3v) is 3.29. The van der Waals surface area contributed by atoms with Gasteiger partial charge in [-0.3, -0.25) is 0 Å². The van der Waals surface area contributed by atoms with Gasteiger partial charge in [0.1, 0.15) is 12.4 Å². The van der Waals surface area contributed by atoms with Crippen LogP contribution in [0.4, 0.5) is 4.39 Å². The van der Waals surface area contributed by atoms with E-state index < -0.39 is 6.10 Å². The zero-order valence-corrected chi connectivity index (χ0v) is 12.0. The highest BCUT2D eigenvalue weighted by Gasteiger charge is 2.27. The second-order valence-corrected chi connectivity index (χ2v) is 5.13. The fraction of sp³-hybridized carbons (Fsp3) is 0.625. The minimum atomic E-state index is -0.601. The smallest absolute Gasteiger partial charge is 0.154 e. The van der Waals surface area contributed by atoms with Crippen LogP contribution in [-0.4, -0.2) is 17.8 Å². The predicted octanol–water partition coefficient (Wildman–Crippen LogP) is 4.28. The van der Waals surface area contributed by atoms with Crippen molar-refractivity contribution < 1.29 is 14.2 Å². The van der Waals surface area contributed by atoms with Gasteiger partial charge in [-0.05, 0) is 37.7 Å². The van der Waals surface area contributed by atoms with Crippen molar-refractivity contribution in [2.75, 3.05) is 6.61 Å². The quantitative estimate of drug-likeness (QED) is 0.526. The van der Waals surface area contributed by atoms with Gasteiger partial charge in [0.25, 0.3) is 0 Å². The molecule has 1 rings (SSSR count). The highest BCUT2D eigenvalue weighted by atomic mass is 19.1. The summed E-state index contributed by atoms with van der Waals surface area (Å²) in [6.07, 6.45) is 7.35. The molecule has 2 nitrogen and oxygen atoms in total. The Morgan fingerprint density at radius 1 is 1.53 bits per heavy atom. The number of aliphatic hydroxyl groups excluding tert-OH is 1. The molecule has 19 heavy (non-hydrogen) atoms. The number of ether oxygens (including phenoxy) is 1. The number of aliphatic hydroxyl groups is 1. The van der Waals surface area contributed by atoms with Crippen LogP contribution >= 0.6 is 0 Å². The van der Waals surface area contributed by atoms with Gasteiger partial charge in [0.05, 0.1) is 6.10 Å². The fourth-order valence-corrected chi connectivity index (χ4v) is 2.10. The summed E-state index contributed by atoms with van der Waals surface area (Å²) in [6.45, 7) is 7.39. The van der Waals surface area contributed by atoms with Gasteiger partial charge in [0.2, 0.25) is 0 Å². The average molecular weight is 268 g/mol. The minimum absolute atomic E-state index is 0.119. The van der Waals surface area contributed by atoms with Crippen LogP contribution in [0.25, 0.3) is 0 Å². The number of halogens is 1. The van der Waals surface area contributed by atoms with E-state index in [2.05, 4.69) is 6.58 Å². The zero-order valence-electron chi connectivity index (χ0n) is 12.0. The first-order valence-electron chi connectivity index (χ1n) is 7.12. The van der Waals surface area contributed by atoms with Gasteiger partial charge in [0, 0.05) is 6.42 Å². The van der Waals surface area contributed by atoms with Crippen molar-refractivity contribution in [3.63, 3.8) is 0 Å². The van der Waals surface area contributed by atoms with Gasteiger partial charge >= 0.3 is 0 Å². The first-order valence-corrected chi connectivity index (χ1v) is 7.12. The summed E-state index contributed by atoms with van der Waals surface area (Å²) < 4.78 is 19.7. The molecule has 0 aromatic rings. The molecule has 1 aliphatic carbocycles. The van der Waals surface area contributed by atoms with Crippen LogP contribution in [0.5, 0.6) is 0 Å². The maximum absolute atomic E-state index is 14.2. The van der Waals surface area contributed by atoms with E-state index in [1.165, 1.54) is 6.42 Å². The van der Waals surface area contributed by atoms with E-state index in [1.54, 1.807) is 13.0 Å². The van der Waals surface area contributed by atoms with Gasteiger partial charge in [-0.2, -0.15) is 0 Å². The van der Waals surface area contributed by atoms with Crippen LogP contribution in [0, 0.1) is 5.92 Å². The highest BCUT2D eigenvalue weighted by Crippen LogP contribution is 2.38. The summed E-state index contributed by atoms with van der Waals surface area (Å²) in [5, 5.41) is 9.32. The van der Waals surface area contributed by atoms with E-state index in [9.17, 15) is 9.50 Å². The lowest BCUT2D eigenvalue weighted by Crippen LogP contribution is -2.19. The summed E-state index contributed by atoms with van der Waals surface area (Å²) in [6, 6.07) is 0. The van der Waals surface area contributed by atoms with E-state index in [1.807, 2.05) is 13.0 Å². The maximum Gasteiger partial charge on any atom is 0.154 e. The largest absolute Gasteiger partial charge is 0.488 e. The van der Waals surface area contributed by atoms with Crippen molar-refractivity contribution in [1.29, 1.82) is 0 Å². The van der Waals surface area contributed by atoms with Crippen LogP contribution in [0.15, 0.2) is 35.9 Å². The number of rotatable bonds is 8. The summed E-state index contributed by atoms with van der Waals surface area (Å²) >= 11 is 0. The molecular weight excluding hydrogens is 243 g/mol. The Morgan fingerprint density at radius 2 is 2.21 bits per heavy atom. The lowest BCUT2D eigenvalue weighted by Gasteiger charge is -2.30. The van der Waals surface area contributed by atoms with Gasteiger partial charge in [-0.25, -0.2) is 4.39 Å². The lowest BCUT2D eigenvalue weighted by molar-refractivity contribution is 0.0802. The number of allylic oxidation sites excluding steroid dienone is 4. The molecule has 0 aromatic heterocycles. The molecule has 1 fully saturated rings. The Labute approximate surface area is 115 Å². The summed E-state index contributed by atoms with van der Waals surface area (Å²) in [5.41, 5.74) is 0.896. The van der Waals surface area contributed by atoms with Crippen LogP contribution in [0.3, 0.4) is 0 Å². The van der Waals surface area contributed by atoms with Crippen molar-refractivity contribution in [3.8, 4) is 0 Å². The third-order valence-electron chi connectivity index (χ3n) is 3.29. The molecule has 1 N–H and O–H groups in total. The Morgan fingerprint density at radius 3 is 2.63 bits per heavy atom. The number of hydrogen-bond donors (Lipinski definition) is 1. The molecule has 1 aliphatic rings. The molecule has 0 aliphatic heterocycles. The van der Waals surface area contributed by atoms with E-state index in [0.29, 0.717) is 18.1 Å². The first-order chi connectivity index (χ1) is 9.10. The Hall–Kier alpha value is -1.09.